The number of anilines is 1. The Morgan fingerprint density at radius 1 is 1.09 bits per heavy atom. The lowest BCUT2D eigenvalue weighted by Crippen LogP contribution is -2.13. The van der Waals surface area contributed by atoms with Crippen LogP contribution in [0.4, 0.5) is 5.69 Å². The monoisotopic (exact) mass is 311 g/mol. The van der Waals surface area contributed by atoms with E-state index in [-0.39, 0.29) is 17.2 Å². The number of aryl methyl sites for hydroxylation is 1. The number of phenols is 1. The molecule has 4 heteroatoms. The van der Waals surface area contributed by atoms with Gasteiger partial charge >= 0.3 is 0 Å². The van der Waals surface area contributed by atoms with E-state index in [0.717, 1.165) is 16.6 Å². The van der Waals surface area contributed by atoms with Crippen molar-refractivity contribution in [3.63, 3.8) is 0 Å². The van der Waals surface area contributed by atoms with Crippen LogP contribution in [0.15, 0.2) is 54.6 Å². The molecular weight excluding hydrogens is 298 g/mol. The number of rotatable bonds is 2. The van der Waals surface area contributed by atoms with Crippen molar-refractivity contribution in [1.29, 1.82) is 0 Å². The minimum atomic E-state index is -0.353. The number of carbonyl (C=O) groups is 1. The second kappa shape index (κ2) is 5.70. The van der Waals surface area contributed by atoms with E-state index >= 15 is 0 Å². The summed E-state index contributed by atoms with van der Waals surface area (Å²) in [6.45, 7) is 1.91. The van der Waals surface area contributed by atoms with Crippen molar-refractivity contribution in [2.45, 2.75) is 6.92 Å². The maximum atomic E-state index is 12.4. The van der Waals surface area contributed by atoms with E-state index in [1.54, 1.807) is 12.1 Å². The summed E-state index contributed by atoms with van der Waals surface area (Å²) in [5.74, 6) is -0.444. The Bertz CT molecular complexity index is 874. The molecule has 0 radical (unpaired) electrons. The van der Waals surface area contributed by atoms with Crippen molar-refractivity contribution in [1.82, 2.24) is 0 Å². The van der Waals surface area contributed by atoms with E-state index in [0.29, 0.717) is 10.4 Å². The number of carbonyl (C=O) groups excluding carboxylic acids is 1. The summed E-state index contributed by atoms with van der Waals surface area (Å²) < 4.78 is 0. The average Bonchev–Trinajstić information content (AvgIpc) is 2.50. The zero-order chi connectivity index (χ0) is 15.7. The van der Waals surface area contributed by atoms with Gasteiger partial charge in [-0.2, -0.15) is 0 Å². The molecule has 0 unspecified atom stereocenters. The Hall–Kier alpha value is -2.52. The molecule has 0 aromatic heterocycles. The molecule has 0 aliphatic heterocycles. The van der Waals surface area contributed by atoms with Crippen LogP contribution < -0.4 is 5.32 Å². The Labute approximate surface area is 133 Å². The molecule has 3 rings (SSSR count). The van der Waals surface area contributed by atoms with Gasteiger partial charge in [0.15, 0.2) is 0 Å². The number of nitrogens with one attached hydrogen (secondary N) is 1. The maximum absolute atomic E-state index is 12.4. The minimum Gasteiger partial charge on any atom is -0.507 e. The predicted molar refractivity (Wildman–Crippen MR) is 89.8 cm³/mol. The predicted octanol–water partition coefficient (Wildman–Crippen LogP) is 4.76. The molecule has 22 heavy (non-hydrogen) atoms. The van der Waals surface area contributed by atoms with Crippen molar-refractivity contribution < 1.29 is 9.90 Å². The van der Waals surface area contributed by atoms with Crippen LogP contribution in [0.5, 0.6) is 5.75 Å². The molecule has 3 nitrogen and oxygen atoms in total. The fraction of sp³-hybridized carbons (Fsp3) is 0.0556. The number of aromatic hydroxyl groups is 1. The molecule has 3 aromatic carbocycles. The number of halogens is 1. The third-order valence-electron chi connectivity index (χ3n) is 3.58. The Kier molecular flexibility index (Phi) is 3.73. The Morgan fingerprint density at radius 2 is 1.86 bits per heavy atom. The number of benzene rings is 3. The summed E-state index contributed by atoms with van der Waals surface area (Å²) in [6.07, 6.45) is 0. The second-order valence-electron chi connectivity index (χ2n) is 5.10. The molecule has 1 amide bonds. The van der Waals surface area contributed by atoms with Gasteiger partial charge in [0, 0.05) is 16.1 Å². The molecule has 2 N–H and O–H groups in total. The number of hydrogen-bond donors (Lipinski definition) is 2. The number of para-hydroxylation sites is 1. The highest BCUT2D eigenvalue weighted by atomic mass is 35.5. The highest BCUT2D eigenvalue weighted by molar-refractivity contribution is 6.35. The third-order valence-corrected chi connectivity index (χ3v) is 3.91. The number of hydrogen-bond acceptors (Lipinski definition) is 2. The van der Waals surface area contributed by atoms with E-state index in [4.69, 9.17) is 11.6 Å². The van der Waals surface area contributed by atoms with E-state index in [9.17, 15) is 9.90 Å². The first-order chi connectivity index (χ1) is 10.6. The van der Waals surface area contributed by atoms with Gasteiger partial charge in [0.05, 0.1) is 5.56 Å². The summed E-state index contributed by atoms with van der Waals surface area (Å²) in [4.78, 5) is 12.4. The Morgan fingerprint density at radius 3 is 2.64 bits per heavy atom. The first-order valence-electron chi connectivity index (χ1n) is 6.84. The molecule has 110 valence electrons. The van der Waals surface area contributed by atoms with Gasteiger partial charge in [-0.05, 0) is 42.1 Å². The molecule has 3 aromatic rings. The highest BCUT2D eigenvalue weighted by Crippen LogP contribution is 2.30. The van der Waals surface area contributed by atoms with Gasteiger partial charge < -0.3 is 10.4 Å². The summed E-state index contributed by atoms with van der Waals surface area (Å²) in [5, 5.41) is 15.0. The van der Waals surface area contributed by atoms with Gasteiger partial charge in [-0.25, -0.2) is 0 Å². The summed E-state index contributed by atoms with van der Waals surface area (Å²) in [5.41, 5.74) is 1.90. The average molecular weight is 312 g/mol. The number of phenolic OH excluding ortho intramolecular Hbond substituents is 1. The molecule has 0 spiro atoms. The molecular formula is C18H14ClNO2. The zero-order valence-corrected chi connectivity index (χ0v) is 12.7. The van der Waals surface area contributed by atoms with E-state index in [1.165, 1.54) is 6.07 Å². The van der Waals surface area contributed by atoms with E-state index in [2.05, 4.69) is 5.32 Å². The maximum Gasteiger partial charge on any atom is 0.259 e. The summed E-state index contributed by atoms with van der Waals surface area (Å²) in [6, 6.07) is 16.1. The van der Waals surface area contributed by atoms with Crippen LogP contribution in [0.3, 0.4) is 0 Å². The van der Waals surface area contributed by atoms with Gasteiger partial charge in [-0.1, -0.05) is 41.9 Å². The molecule has 0 saturated carbocycles. The third kappa shape index (κ3) is 2.63. The quantitative estimate of drug-likeness (QED) is 0.717. The smallest absolute Gasteiger partial charge is 0.259 e. The van der Waals surface area contributed by atoms with Crippen LogP contribution in [0, 0.1) is 6.92 Å². The largest absolute Gasteiger partial charge is 0.507 e. The standard InChI is InChI=1S/C18H14ClNO2/c1-11-5-2-3-8-16(11)20-18(22)14-9-12-6-4-7-15(19)13(12)10-17(14)21/h2-10,21H,1H3,(H,20,22). The topological polar surface area (TPSA) is 49.3 Å². The van der Waals surface area contributed by atoms with E-state index < -0.39 is 0 Å². The zero-order valence-electron chi connectivity index (χ0n) is 11.9. The lowest BCUT2D eigenvalue weighted by Gasteiger charge is -2.10. The van der Waals surface area contributed by atoms with Crippen molar-refractivity contribution in [3.05, 3.63) is 70.7 Å². The van der Waals surface area contributed by atoms with Crippen LogP contribution in [0.25, 0.3) is 10.8 Å². The van der Waals surface area contributed by atoms with Gasteiger partial charge in [0.2, 0.25) is 0 Å². The second-order valence-corrected chi connectivity index (χ2v) is 5.51. The lowest BCUT2D eigenvalue weighted by atomic mass is 10.0. The van der Waals surface area contributed by atoms with Crippen LogP contribution in [-0.4, -0.2) is 11.0 Å². The lowest BCUT2D eigenvalue weighted by molar-refractivity contribution is 0.102. The van der Waals surface area contributed by atoms with Crippen molar-refractivity contribution in [2.24, 2.45) is 0 Å². The fourth-order valence-corrected chi connectivity index (χ4v) is 2.60. The molecule has 0 aliphatic rings. The van der Waals surface area contributed by atoms with Crippen molar-refractivity contribution in [3.8, 4) is 5.75 Å². The molecule has 0 heterocycles. The van der Waals surface area contributed by atoms with Gasteiger partial charge in [-0.15, -0.1) is 0 Å². The van der Waals surface area contributed by atoms with Crippen LogP contribution in [0.1, 0.15) is 15.9 Å². The minimum absolute atomic E-state index is 0.0910. The summed E-state index contributed by atoms with van der Waals surface area (Å²) in [7, 11) is 0. The summed E-state index contributed by atoms with van der Waals surface area (Å²) >= 11 is 6.10. The SMILES string of the molecule is Cc1ccccc1NC(=O)c1cc2cccc(Cl)c2cc1O. The van der Waals surface area contributed by atoms with Gasteiger partial charge in [-0.3, -0.25) is 4.79 Å². The number of amides is 1. The highest BCUT2D eigenvalue weighted by Gasteiger charge is 2.14. The normalized spacial score (nSPS) is 10.6. The molecule has 0 bridgehead atoms. The van der Waals surface area contributed by atoms with Crippen molar-refractivity contribution >= 4 is 34.0 Å². The van der Waals surface area contributed by atoms with Gasteiger partial charge in [0.25, 0.3) is 5.91 Å². The van der Waals surface area contributed by atoms with Crippen LogP contribution in [0.2, 0.25) is 5.02 Å². The molecule has 0 fully saturated rings. The van der Waals surface area contributed by atoms with Gasteiger partial charge in [0.1, 0.15) is 5.75 Å². The first-order valence-corrected chi connectivity index (χ1v) is 7.22. The fourth-order valence-electron chi connectivity index (χ4n) is 2.36. The van der Waals surface area contributed by atoms with Crippen molar-refractivity contribution in [2.75, 3.05) is 5.32 Å². The number of fused-ring (bicyclic) bond motifs is 1. The molecule has 0 saturated heterocycles. The molecule has 0 atom stereocenters. The van der Waals surface area contributed by atoms with Crippen LogP contribution >= 0.6 is 11.6 Å². The van der Waals surface area contributed by atoms with E-state index in [1.807, 2.05) is 43.3 Å². The first kappa shape index (κ1) is 14.4. The molecule has 0 aliphatic carbocycles. The Balaban J connectivity index is 2.01. The van der Waals surface area contributed by atoms with Crippen LogP contribution in [-0.2, 0) is 0 Å².